The van der Waals surface area contributed by atoms with Crippen LogP contribution >= 0.6 is 0 Å². The number of aliphatic hydroxyl groups is 1. The number of hydrogen-bond acceptors (Lipinski definition) is 3. The highest BCUT2D eigenvalue weighted by atomic mass is 16.5. The maximum atomic E-state index is 9.91. The van der Waals surface area contributed by atoms with Gasteiger partial charge in [0, 0.05) is 18.4 Å². The molecular weight excluding hydrogens is 252 g/mol. The first kappa shape index (κ1) is 13.9. The van der Waals surface area contributed by atoms with Crippen molar-refractivity contribution >= 4 is 0 Å². The summed E-state index contributed by atoms with van der Waals surface area (Å²) in [5, 5.41) is 9.91. The molecule has 0 radical (unpaired) electrons. The van der Waals surface area contributed by atoms with Gasteiger partial charge < -0.3 is 14.6 Å². The molecule has 0 bridgehead atoms. The zero-order valence-electron chi connectivity index (χ0n) is 12.4. The first-order chi connectivity index (χ1) is 9.58. The zero-order chi connectivity index (χ0) is 14.2. The molecule has 1 saturated carbocycles. The summed E-state index contributed by atoms with van der Waals surface area (Å²) in [6.45, 7) is 4.62. The third kappa shape index (κ3) is 2.70. The fourth-order valence-electron chi connectivity index (χ4n) is 3.28. The van der Waals surface area contributed by atoms with E-state index in [1.165, 1.54) is 19.3 Å². The Balaban J connectivity index is 1.74. The van der Waals surface area contributed by atoms with Crippen molar-refractivity contribution in [2.75, 3.05) is 6.61 Å². The lowest BCUT2D eigenvalue weighted by atomic mass is 9.74. The van der Waals surface area contributed by atoms with Crippen molar-refractivity contribution in [1.82, 2.24) is 0 Å². The van der Waals surface area contributed by atoms with Gasteiger partial charge in [-0.1, -0.05) is 11.6 Å². The Morgan fingerprint density at radius 1 is 1.40 bits per heavy atom. The largest absolute Gasteiger partial charge is 0.490 e. The van der Waals surface area contributed by atoms with E-state index in [9.17, 15) is 5.11 Å². The second-order valence-corrected chi connectivity index (χ2v) is 6.33. The molecule has 20 heavy (non-hydrogen) atoms. The second-order valence-electron chi connectivity index (χ2n) is 6.33. The number of hydrogen-bond donors (Lipinski definition) is 1. The van der Waals surface area contributed by atoms with Crippen LogP contribution in [-0.2, 0) is 4.74 Å². The quantitative estimate of drug-likeness (QED) is 0.918. The first-order valence-corrected chi connectivity index (χ1v) is 7.67. The minimum absolute atomic E-state index is 0.0958. The van der Waals surface area contributed by atoms with Crippen LogP contribution < -0.4 is 4.74 Å². The molecule has 110 valence electrons. The number of aliphatic hydroxyl groups excluding tert-OH is 1. The summed E-state index contributed by atoms with van der Waals surface area (Å²) >= 11 is 0. The van der Waals surface area contributed by atoms with Gasteiger partial charge in [-0.3, -0.25) is 0 Å². The molecule has 0 amide bonds. The Morgan fingerprint density at radius 3 is 2.85 bits per heavy atom. The van der Waals surface area contributed by atoms with Crippen LogP contribution in [0.15, 0.2) is 18.2 Å². The normalized spacial score (nSPS) is 26.1. The van der Waals surface area contributed by atoms with Gasteiger partial charge in [-0.25, -0.2) is 0 Å². The molecule has 1 saturated heterocycles. The number of ether oxygens (including phenoxy) is 2. The van der Waals surface area contributed by atoms with E-state index in [0.717, 1.165) is 36.3 Å². The van der Waals surface area contributed by atoms with Crippen LogP contribution in [0.5, 0.6) is 5.75 Å². The number of benzene rings is 1. The van der Waals surface area contributed by atoms with Crippen LogP contribution in [0.3, 0.4) is 0 Å². The van der Waals surface area contributed by atoms with Crippen molar-refractivity contribution in [2.45, 2.75) is 63.8 Å². The predicted molar refractivity (Wildman–Crippen MR) is 78.0 cm³/mol. The van der Waals surface area contributed by atoms with Gasteiger partial charge in [0.2, 0.25) is 0 Å². The van der Waals surface area contributed by atoms with Crippen molar-refractivity contribution in [3.05, 3.63) is 29.3 Å². The fourth-order valence-corrected chi connectivity index (χ4v) is 3.28. The predicted octanol–water partition coefficient (Wildman–Crippen LogP) is 3.53. The number of rotatable bonds is 3. The van der Waals surface area contributed by atoms with Gasteiger partial charge in [0.25, 0.3) is 0 Å². The molecular formula is C17H24O3. The Labute approximate surface area is 120 Å². The average molecular weight is 276 g/mol. The third-order valence-electron chi connectivity index (χ3n) is 4.62. The standard InChI is InChI=1S/C17H24O3/c1-12-4-5-16(15(10-12)13(2)18)20-14-6-9-19-17(11-14)7-3-8-17/h4-5,10,13-14,18H,3,6-9,11H2,1-2H3. The lowest BCUT2D eigenvalue weighted by Crippen LogP contribution is -2.48. The van der Waals surface area contributed by atoms with Gasteiger partial charge in [-0.15, -0.1) is 0 Å². The van der Waals surface area contributed by atoms with Gasteiger partial charge >= 0.3 is 0 Å². The van der Waals surface area contributed by atoms with E-state index in [2.05, 4.69) is 0 Å². The fraction of sp³-hybridized carbons (Fsp3) is 0.647. The maximum absolute atomic E-state index is 9.91. The van der Waals surface area contributed by atoms with Gasteiger partial charge in [0.15, 0.2) is 0 Å². The summed E-state index contributed by atoms with van der Waals surface area (Å²) < 4.78 is 12.1. The SMILES string of the molecule is Cc1ccc(OC2CCOC3(CCC3)C2)c(C(C)O)c1. The molecule has 3 rings (SSSR count). The topological polar surface area (TPSA) is 38.7 Å². The highest BCUT2D eigenvalue weighted by Gasteiger charge is 2.43. The van der Waals surface area contributed by atoms with Crippen LogP contribution in [0.25, 0.3) is 0 Å². The molecule has 0 aromatic heterocycles. The highest BCUT2D eigenvalue weighted by Crippen LogP contribution is 2.43. The minimum atomic E-state index is -0.498. The molecule has 2 aliphatic rings. The minimum Gasteiger partial charge on any atom is -0.490 e. The Hall–Kier alpha value is -1.06. The van der Waals surface area contributed by atoms with Gasteiger partial charge in [-0.2, -0.15) is 0 Å². The lowest BCUT2D eigenvalue weighted by molar-refractivity contribution is -0.153. The Morgan fingerprint density at radius 2 is 2.20 bits per heavy atom. The molecule has 2 atom stereocenters. The number of aryl methyl sites for hydroxylation is 1. The van der Waals surface area contributed by atoms with E-state index in [4.69, 9.17) is 9.47 Å². The smallest absolute Gasteiger partial charge is 0.125 e. The monoisotopic (exact) mass is 276 g/mol. The van der Waals surface area contributed by atoms with Crippen molar-refractivity contribution in [1.29, 1.82) is 0 Å². The molecule has 2 fully saturated rings. The molecule has 1 aromatic carbocycles. The summed E-state index contributed by atoms with van der Waals surface area (Å²) in [6.07, 6.45) is 5.26. The van der Waals surface area contributed by atoms with Crippen molar-refractivity contribution in [3.8, 4) is 5.75 Å². The molecule has 1 aliphatic carbocycles. The van der Waals surface area contributed by atoms with Crippen LogP contribution in [0.1, 0.15) is 56.3 Å². The molecule has 1 heterocycles. The molecule has 1 aromatic rings. The van der Waals surface area contributed by atoms with Crippen molar-refractivity contribution < 1.29 is 14.6 Å². The summed E-state index contributed by atoms with van der Waals surface area (Å²) in [4.78, 5) is 0. The molecule has 1 N–H and O–H groups in total. The van der Waals surface area contributed by atoms with Crippen molar-refractivity contribution in [3.63, 3.8) is 0 Å². The van der Waals surface area contributed by atoms with Gasteiger partial charge in [0.05, 0.1) is 18.3 Å². The first-order valence-electron chi connectivity index (χ1n) is 7.67. The summed E-state index contributed by atoms with van der Waals surface area (Å²) in [5.41, 5.74) is 2.13. The summed E-state index contributed by atoms with van der Waals surface area (Å²) in [5.74, 6) is 0.826. The van der Waals surface area contributed by atoms with E-state index < -0.39 is 6.10 Å². The molecule has 1 spiro atoms. The van der Waals surface area contributed by atoms with Gasteiger partial charge in [0.1, 0.15) is 11.9 Å². The zero-order valence-corrected chi connectivity index (χ0v) is 12.4. The maximum Gasteiger partial charge on any atom is 0.125 e. The Bertz CT molecular complexity index is 477. The van der Waals surface area contributed by atoms with E-state index in [-0.39, 0.29) is 11.7 Å². The molecule has 1 aliphatic heterocycles. The van der Waals surface area contributed by atoms with Crippen LogP contribution in [0, 0.1) is 6.92 Å². The van der Waals surface area contributed by atoms with E-state index in [0.29, 0.717) is 0 Å². The van der Waals surface area contributed by atoms with Crippen LogP contribution in [0.4, 0.5) is 0 Å². The van der Waals surface area contributed by atoms with E-state index >= 15 is 0 Å². The third-order valence-corrected chi connectivity index (χ3v) is 4.62. The van der Waals surface area contributed by atoms with Crippen LogP contribution in [-0.4, -0.2) is 23.4 Å². The van der Waals surface area contributed by atoms with E-state index in [1.54, 1.807) is 6.92 Å². The van der Waals surface area contributed by atoms with Crippen LogP contribution in [0.2, 0.25) is 0 Å². The highest BCUT2D eigenvalue weighted by molar-refractivity contribution is 5.38. The van der Waals surface area contributed by atoms with E-state index in [1.807, 2.05) is 25.1 Å². The molecule has 3 nitrogen and oxygen atoms in total. The molecule has 2 unspecified atom stereocenters. The van der Waals surface area contributed by atoms with Crippen molar-refractivity contribution in [2.24, 2.45) is 0 Å². The average Bonchev–Trinajstić information content (AvgIpc) is 2.39. The Kier molecular flexibility index (Phi) is 3.74. The summed E-state index contributed by atoms with van der Waals surface area (Å²) in [6, 6.07) is 6.04. The summed E-state index contributed by atoms with van der Waals surface area (Å²) in [7, 11) is 0. The second kappa shape index (κ2) is 5.38. The lowest BCUT2D eigenvalue weighted by Gasteiger charge is -2.47. The molecule has 3 heteroatoms. The van der Waals surface area contributed by atoms with Gasteiger partial charge in [-0.05, 0) is 45.2 Å².